The summed E-state index contributed by atoms with van der Waals surface area (Å²) in [7, 11) is 3.51. The van der Waals surface area contributed by atoms with E-state index in [2.05, 4.69) is 22.0 Å². The van der Waals surface area contributed by atoms with E-state index in [4.69, 9.17) is 0 Å². The Balaban J connectivity index is 1.73. The molecule has 1 amide bonds. The van der Waals surface area contributed by atoms with Crippen molar-refractivity contribution >= 4 is 5.91 Å². The molecule has 1 aliphatic heterocycles. The topological polar surface area (TPSA) is 59.6 Å². The molecule has 1 aromatic carbocycles. The number of benzene rings is 1. The molecule has 2 N–H and O–H groups in total. The number of amides is 1. The van der Waals surface area contributed by atoms with E-state index in [1.807, 2.05) is 30.3 Å². The number of aromatic nitrogens is 1. The number of aliphatic hydroxyl groups excluding tert-OH is 1. The van der Waals surface area contributed by atoms with Gasteiger partial charge in [0.1, 0.15) is 5.69 Å². The lowest BCUT2D eigenvalue weighted by molar-refractivity contribution is 0.0817. The Morgan fingerprint density at radius 1 is 1.24 bits per heavy atom. The SMILES string of the molecule is CN(C)C(=O)c1ccc(CN2CCCC(CO)(c3ccccc3)C2)[nH]1. The Hall–Kier alpha value is -2.11. The lowest BCUT2D eigenvalue weighted by atomic mass is 9.74. The molecule has 2 heterocycles. The number of aromatic amines is 1. The van der Waals surface area contributed by atoms with Gasteiger partial charge in [-0.3, -0.25) is 9.69 Å². The van der Waals surface area contributed by atoms with Crippen molar-refractivity contribution in [2.45, 2.75) is 24.8 Å². The Labute approximate surface area is 149 Å². The number of carbonyl (C=O) groups is 1. The fraction of sp³-hybridized carbons (Fsp3) is 0.450. The van der Waals surface area contributed by atoms with Gasteiger partial charge in [0.2, 0.25) is 0 Å². The number of nitrogens with zero attached hydrogens (tertiary/aromatic N) is 2. The fourth-order valence-corrected chi connectivity index (χ4v) is 3.75. The molecule has 0 radical (unpaired) electrons. The highest BCUT2D eigenvalue weighted by Crippen LogP contribution is 2.34. The van der Waals surface area contributed by atoms with Gasteiger partial charge in [-0.1, -0.05) is 30.3 Å². The predicted octanol–water partition coefficient (Wildman–Crippen LogP) is 2.24. The summed E-state index contributed by atoms with van der Waals surface area (Å²) in [6.07, 6.45) is 2.05. The van der Waals surface area contributed by atoms with E-state index >= 15 is 0 Å². The van der Waals surface area contributed by atoms with Crippen LogP contribution in [-0.2, 0) is 12.0 Å². The van der Waals surface area contributed by atoms with E-state index in [0.717, 1.165) is 38.2 Å². The third kappa shape index (κ3) is 3.78. The Bertz CT molecular complexity index is 711. The van der Waals surface area contributed by atoms with Crippen molar-refractivity contribution in [3.8, 4) is 0 Å². The van der Waals surface area contributed by atoms with Crippen molar-refractivity contribution in [1.82, 2.24) is 14.8 Å². The number of carbonyl (C=O) groups excluding carboxylic acids is 1. The quantitative estimate of drug-likeness (QED) is 0.877. The molecule has 2 aromatic rings. The maximum atomic E-state index is 12.0. The number of hydrogen-bond donors (Lipinski definition) is 2. The highest BCUT2D eigenvalue weighted by Gasteiger charge is 2.36. The largest absolute Gasteiger partial charge is 0.395 e. The highest BCUT2D eigenvalue weighted by atomic mass is 16.3. The molecule has 25 heavy (non-hydrogen) atoms. The molecule has 134 valence electrons. The molecule has 1 unspecified atom stereocenters. The fourth-order valence-electron chi connectivity index (χ4n) is 3.75. The molecule has 0 spiro atoms. The molecule has 0 aliphatic carbocycles. The molecule has 0 saturated carbocycles. The van der Waals surface area contributed by atoms with Gasteiger partial charge in [-0.15, -0.1) is 0 Å². The minimum atomic E-state index is -0.200. The van der Waals surface area contributed by atoms with Crippen molar-refractivity contribution < 1.29 is 9.90 Å². The summed E-state index contributed by atoms with van der Waals surface area (Å²) >= 11 is 0. The average Bonchev–Trinajstić information content (AvgIpc) is 3.10. The van der Waals surface area contributed by atoms with Crippen LogP contribution in [0.25, 0.3) is 0 Å². The number of aliphatic hydroxyl groups is 1. The van der Waals surface area contributed by atoms with Crippen LogP contribution in [0.5, 0.6) is 0 Å². The first-order valence-electron chi connectivity index (χ1n) is 8.82. The Morgan fingerprint density at radius 3 is 2.68 bits per heavy atom. The first-order valence-corrected chi connectivity index (χ1v) is 8.82. The molecule has 5 nitrogen and oxygen atoms in total. The molecule has 3 rings (SSSR count). The minimum absolute atomic E-state index is 0.0149. The Kier molecular flexibility index (Phi) is 5.25. The second-order valence-electron chi connectivity index (χ2n) is 7.22. The van der Waals surface area contributed by atoms with Gasteiger partial charge in [0.05, 0.1) is 6.61 Å². The summed E-state index contributed by atoms with van der Waals surface area (Å²) in [5.74, 6) is -0.0149. The molecule has 1 aliphatic rings. The molecular weight excluding hydrogens is 314 g/mol. The van der Waals surface area contributed by atoms with Crippen molar-refractivity contribution in [3.63, 3.8) is 0 Å². The van der Waals surface area contributed by atoms with E-state index in [-0.39, 0.29) is 17.9 Å². The summed E-state index contributed by atoms with van der Waals surface area (Å²) in [5, 5.41) is 10.1. The number of rotatable bonds is 5. The summed E-state index contributed by atoms with van der Waals surface area (Å²) in [6.45, 7) is 2.74. The third-order valence-electron chi connectivity index (χ3n) is 5.12. The third-order valence-corrected chi connectivity index (χ3v) is 5.12. The summed E-state index contributed by atoms with van der Waals surface area (Å²) in [4.78, 5) is 19.2. The highest BCUT2D eigenvalue weighted by molar-refractivity contribution is 5.92. The van der Waals surface area contributed by atoms with Crippen molar-refractivity contribution in [2.24, 2.45) is 0 Å². The van der Waals surface area contributed by atoms with E-state index in [1.54, 1.807) is 19.0 Å². The van der Waals surface area contributed by atoms with Crippen molar-refractivity contribution in [1.29, 1.82) is 0 Å². The monoisotopic (exact) mass is 341 g/mol. The van der Waals surface area contributed by atoms with Crippen LogP contribution in [-0.4, -0.2) is 59.6 Å². The molecule has 1 atom stereocenters. The van der Waals surface area contributed by atoms with E-state index in [1.165, 1.54) is 5.56 Å². The van der Waals surface area contributed by atoms with E-state index in [9.17, 15) is 9.90 Å². The summed E-state index contributed by atoms with van der Waals surface area (Å²) in [5.41, 5.74) is 2.66. The first kappa shape index (κ1) is 17.7. The standard InChI is InChI=1S/C20H27N3O2/c1-22(2)19(25)18-10-9-17(21-18)13-23-12-6-11-20(14-23,15-24)16-7-4-3-5-8-16/h3-5,7-10,21,24H,6,11-15H2,1-2H3. The van der Waals surface area contributed by atoms with Crippen LogP contribution in [0.15, 0.2) is 42.5 Å². The average molecular weight is 341 g/mol. The zero-order valence-electron chi connectivity index (χ0n) is 15.0. The van der Waals surface area contributed by atoms with Crippen LogP contribution < -0.4 is 0 Å². The number of H-pyrrole nitrogens is 1. The summed E-state index contributed by atoms with van der Waals surface area (Å²) < 4.78 is 0. The van der Waals surface area contributed by atoms with Crippen LogP contribution >= 0.6 is 0 Å². The van der Waals surface area contributed by atoms with Crippen LogP contribution in [0, 0.1) is 0 Å². The van der Waals surface area contributed by atoms with Gasteiger partial charge in [-0.05, 0) is 37.1 Å². The van der Waals surface area contributed by atoms with Crippen LogP contribution in [0.2, 0.25) is 0 Å². The van der Waals surface area contributed by atoms with E-state index < -0.39 is 0 Å². The van der Waals surface area contributed by atoms with Crippen molar-refractivity contribution in [2.75, 3.05) is 33.8 Å². The van der Waals surface area contributed by atoms with Gasteiger partial charge in [-0.25, -0.2) is 0 Å². The van der Waals surface area contributed by atoms with Gasteiger partial charge in [0, 0.05) is 38.3 Å². The van der Waals surface area contributed by atoms with Gasteiger partial charge in [-0.2, -0.15) is 0 Å². The molecule has 1 saturated heterocycles. The minimum Gasteiger partial charge on any atom is -0.395 e. The lowest BCUT2D eigenvalue weighted by Gasteiger charge is -2.42. The van der Waals surface area contributed by atoms with Gasteiger partial charge < -0.3 is 15.0 Å². The molecule has 0 bridgehead atoms. The lowest BCUT2D eigenvalue weighted by Crippen LogP contribution is -2.48. The molecular formula is C20H27N3O2. The number of nitrogens with one attached hydrogen (secondary N) is 1. The maximum Gasteiger partial charge on any atom is 0.269 e. The zero-order chi connectivity index (χ0) is 17.9. The molecule has 1 fully saturated rings. The van der Waals surface area contributed by atoms with Crippen LogP contribution in [0.1, 0.15) is 34.6 Å². The zero-order valence-corrected chi connectivity index (χ0v) is 15.0. The molecule has 1 aromatic heterocycles. The van der Waals surface area contributed by atoms with E-state index in [0.29, 0.717) is 5.69 Å². The second-order valence-corrected chi connectivity index (χ2v) is 7.22. The smallest absolute Gasteiger partial charge is 0.269 e. The van der Waals surface area contributed by atoms with Gasteiger partial charge >= 0.3 is 0 Å². The summed E-state index contributed by atoms with van der Waals surface area (Å²) in [6, 6.07) is 14.1. The second kappa shape index (κ2) is 7.42. The predicted molar refractivity (Wildman–Crippen MR) is 98.5 cm³/mol. The maximum absolute atomic E-state index is 12.0. The Morgan fingerprint density at radius 2 is 2.00 bits per heavy atom. The van der Waals surface area contributed by atoms with Crippen LogP contribution in [0.4, 0.5) is 0 Å². The molecule has 5 heteroatoms. The van der Waals surface area contributed by atoms with Crippen molar-refractivity contribution in [3.05, 3.63) is 59.4 Å². The number of piperidine rings is 1. The number of likely N-dealkylation sites (tertiary alicyclic amines) is 1. The van der Waals surface area contributed by atoms with Crippen LogP contribution in [0.3, 0.4) is 0 Å². The first-order chi connectivity index (χ1) is 12.0. The normalized spacial score (nSPS) is 21.2. The number of hydrogen-bond acceptors (Lipinski definition) is 3. The van der Waals surface area contributed by atoms with Gasteiger partial charge in [0.25, 0.3) is 5.91 Å². The van der Waals surface area contributed by atoms with Gasteiger partial charge in [0.15, 0.2) is 0 Å².